The van der Waals surface area contributed by atoms with E-state index in [0.29, 0.717) is 17.1 Å². The van der Waals surface area contributed by atoms with Crippen molar-refractivity contribution in [2.75, 3.05) is 0 Å². The second kappa shape index (κ2) is 3.86. The molecule has 0 amide bonds. The second-order valence-corrected chi connectivity index (χ2v) is 3.46. The molecule has 0 spiro atoms. The first-order chi connectivity index (χ1) is 7.22. The van der Waals surface area contributed by atoms with Gasteiger partial charge >= 0.3 is 0 Å². The minimum atomic E-state index is -0.205. The Labute approximate surface area is 90.9 Å². The van der Waals surface area contributed by atoms with Crippen LogP contribution >= 0.6 is 12.3 Å². The highest BCUT2D eigenvalue weighted by Gasteiger charge is 2.18. The Morgan fingerprint density at radius 3 is 2.80 bits per heavy atom. The number of allylic oxidation sites excluding steroid dienone is 1. The third-order valence-corrected chi connectivity index (χ3v) is 2.51. The fourth-order valence-corrected chi connectivity index (χ4v) is 1.72. The van der Waals surface area contributed by atoms with Gasteiger partial charge in [-0.2, -0.15) is 0 Å². The van der Waals surface area contributed by atoms with Gasteiger partial charge in [0.05, 0.1) is 11.8 Å². The van der Waals surface area contributed by atoms with Gasteiger partial charge in [0, 0.05) is 0 Å². The number of aliphatic hydroxyl groups is 1. The zero-order chi connectivity index (χ0) is 10.8. The van der Waals surface area contributed by atoms with Gasteiger partial charge in [0.15, 0.2) is 17.3 Å². The predicted molar refractivity (Wildman–Crippen MR) is 56.6 cm³/mol. The van der Waals surface area contributed by atoms with Crippen molar-refractivity contribution in [3.05, 3.63) is 30.0 Å². The third kappa shape index (κ3) is 1.78. The molecule has 0 bridgehead atoms. The van der Waals surface area contributed by atoms with E-state index >= 15 is 0 Å². The number of hydrogen-bond donors (Lipinski definition) is 1. The highest BCUT2D eigenvalue weighted by molar-refractivity contribution is 7.90. The molecule has 0 unspecified atom stereocenters. The summed E-state index contributed by atoms with van der Waals surface area (Å²) in [6.45, 7) is 1.39. The van der Waals surface area contributed by atoms with Crippen molar-refractivity contribution < 1.29 is 18.3 Å². The number of rotatable bonds is 2. The zero-order valence-electron chi connectivity index (χ0n) is 7.89. The van der Waals surface area contributed by atoms with Crippen LogP contribution in [0.5, 0.6) is 11.5 Å². The highest BCUT2D eigenvalue weighted by Crippen LogP contribution is 2.40. The molecule has 1 aliphatic rings. The first kappa shape index (κ1) is 9.92. The third-order valence-electron chi connectivity index (χ3n) is 2.01. The lowest BCUT2D eigenvalue weighted by Gasteiger charge is -2.02. The van der Waals surface area contributed by atoms with Gasteiger partial charge in [0.1, 0.15) is 0 Å². The Kier molecular flexibility index (Phi) is 2.55. The monoisotopic (exact) mass is 224 g/mol. The van der Waals surface area contributed by atoms with Crippen LogP contribution in [0.3, 0.4) is 0 Å². The van der Waals surface area contributed by atoms with Crippen LogP contribution in [0.1, 0.15) is 12.5 Å². The maximum Gasteiger partial charge on any atom is 0.293 e. The number of benzene rings is 1. The molecule has 0 atom stereocenters. The van der Waals surface area contributed by atoms with Crippen molar-refractivity contribution in [2.45, 2.75) is 6.92 Å². The van der Waals surface area contributed by atoms with Crippen LogP contribution in [0.25, 0.3) is 5.57 Å². The maximum atomic E-state index is 11.2. The van der Waals surface area contributed by atoms with Gasteiger partial charge in [-0.15, -0.1) is 0 Å². The molecule has 78 valence electrons. The summed E-state index contributed by atoms with van der Waals surface area (Å²) in [5.74, 6) is 0.965. The fourth-order valence-electron chi connectivity index (χ4n) is 1.27. The number of carbonyl (C=O) groups excluding carboxylic acids is 1. The highest BCUT2D eigenvalue weighted by atomic mass is 32.2. The molecule has 5 heteroatoms. The van der Waals surface area contributed by atoms with E-state index in [-0.39, 0.29) is 11.4 Å². The lowest BCUT2D eigenvalue weighted by molar-refractivity contribution is -0.111. The van der Waals surface area contributed by atoms with Gasteiger partial charge in [0.25, 0.3) is 12.3 Å². The smallest absolute Gasteiger partial charge is 0.293 e. The largest absolute Gasteiger partial charge is 0.515 e. The van der Waals surface area contributed by atoms with Gasteiger partial charge in [0.2, 0.25) is 0 Å². The van der Waals surface area contributed by atoms with Crippen LogP contribution in [-0.2, 0) is 4.79 Å². The molecule has 0 radical (unpaired) electrons. The Morgan fingerprint density at radius 2 is 2.13 bits per heavy atom. The van der Waals surface area contributed by atoms with Crippen molar-refractivity contribution >= 4 is 23.7 Å². The van der Waals surface area contributed by atoms with Crippen molar-refractivity contribution in [2.24, 2.45) is 0 Å². The Bertz CT molecular complexity index is 439. The lowest BCUT2D eigenvalue weighted by Crippen LogP contribution is -1.95. The molecule has 1 aromatic carbocycles. The first-order valence-electron chi connectivity index (χ1n) is 4.23. The van der Waals surface area contributed by atoms with Gasteiger partial charge in [-0.05, 0) is 24.6 Å². The summed E-state index contributed by atoms with van der Waals surface area (Å²) in [6.07, 6.45) is 0.799. The number of ketones is 1. The fraction of sp³-hybridized carbons (Fsp3) is 0.100. The molecule has 0 saturated carbocycles. The van der Waals surface area contributed by atoms with Crippen LogP contribution < -0.4 is 8.37 Å². The molecular weight excluding hydrogens is 216 g/mol. The number of fused-ring (bicyclic) bond motifs is 1. The molecule has 0 aromatic heterocycles. The lowest BCUT2D eigenvalue weighted by atomic mass is 10.0. The Morgan fingerprint density at radius 1 is 1.40 bits per heavy atom. The number of aliphatic hydroxyl groups excluding tert-OH is 1. The van der Waals surface area contributed by atoms with E-state index in [4.69, 9.17) is 13.5 Å². The van der Waals surface area contributed by atoms with Crippen LogP contribution in [0.15, 0.2) is 24.5 Å². The first-order valence-corrected chi connectivity index (χ1v) is 4.90. The van der Waals surface area contributed by atoms with Crippen LogP contribution in [-0.4, -0.2) is 10.9 Å². The molecule has 1 aromatic rings. The van der Waals surface area contributed by atoms with Crippen molar-refractivity contribution in [1.82, 2.24) is 0 Å². The summed E-state index contributed by atoms with van der Waals surface area (Å²) in [7, 11) is 0. The molecule has 0 aliphatic carbocycles. The van der Waals surface area contributed by atoms with Gasteiger partial charge in [-0.3, -0.25) is 4.79 Å². The van der Waals surface area contributed by atoms with E-state index in [1.54, 1.807) is 18.2 Å². The van der Waals surface area contributed by atoms with E-state index in [0.717, 1.165) is 18.6 Å². The summed E-state index contributed by atoms with van der Waals surface area (Å²) in [5.41, 5.74) is 0.855. The average Bonchev–Trinajstić information content (AvgIpc) is 2.65. The SMILES string of the molecule is CC(=O)/C(=C\O)c1ccc2c(c1)OSO2. The van der Waals surface area contributed by atoms with E-state index in [2.05, 4.69) is 0 Å². The summed E-state index contributed by atoms with van der Waals surface area (Å²) < 4.78 is 10.1. The van der Waals surface area contributed by atoms with Crippen LogP contribution in [0.4, 0.5) is 0 Å². The Balaban J connectivity index is 2.42. The molecule has 0 saturated heterocycles. The molecule has 1 N–H and O–H groups in total. The molecule has 2 rings (SSSR count). The zero-order valence-corrected chi connectivity index (χ0v) is 8.71. The molecule has 1 heterocycles. The van der Waals surface area contributed by atoms with Crippen molar-refractivity contribution in [3.63, 3.8) is 0 Å². The predicted octanol–water partition coefficient (Wildman–Crippen LogP) is 2.51. The normalized spacial score (nSPS) is 14.1. The maximum absolute atomic E-state index is 11.2. The van der Waals surface area contributed by atoms with Gasteiger partial charge in [-0.25, -0.2) is 0 Å². The molecule has 15 heavy (non-hydrogen) atoms. The van der Waals surface area contributed by atoms with Crippen LogP contribution in [0, 0.1) is 0 Å². The summed E-state index contributed by atoms with van der Waals surface area (Å²) in [6, 6.07) is 5.04. The van der Waals surface area contributed by atoms with E-state index in [9.17, 15) is 4.79 Å². The topological polar surface area (TPSA) is 55.8 Å². The minimum Gasteiger partial charge on any atom is -0.515 e. The van der Waals surface area contributed by atoms with E-state index in [1.807, 2.05) is 0 Å². The van der Waals surface area contributed by atoms with Gasteiger partial charge < -0.3 is 13.5 Å². The summed E-state index contributed by atoms with van der Waals surface area (Å²) in [5, 5.41) is 8.94. The van der Waals surface area contributed by atoms with E-state index < -0.39 is 0 Å². The van der Waals surface area contributed by atoms with Crippen molar-refractivity contribution in [1.29, 1.82) is 0 Å². The Hall–Kier alpha value is -1.62. The summed E-state index contributed by atoms with van der Waals surface area (Å²) in [4.78, 5) is 11.2. The molecular formula is C10H8O4S. The number of carbonyl (C=O) groups is 1. The van der Waals surface area contributed by atoms with Crippen LogP contribution in [0.2, 0.25) is 0 Å². The van der Waals surface area contributed by atoms with Gasteiger partial charge in [-0.1, -0.05) is 6.07 Å². The molecule has 0 fully saturated rings. The molecule has 1 aliphatic heterocycles. The minimum absolute atomic E-state index is 0.205. The second-order valence-electron chi connectivity index (χ2n) is 3.00. The van der Waals surface area contributed by atoms with E-state index in [1.165, 1.54) is 6.92 Å². The number of Topliss-reactive ketones (excluding diaryl/α,β-unsaturated/α-hetero) is 1. The average molecular weight is 224 g/mol. The quantitative estimate of drug-likeness (QED) is 0.475. The van der Waals surface area contributed by atoms with Crippen molar-refractivity contribution in [3.8, 4) is 11.5 Å². The number of hydrogen-bond acceptors (Lipinski definition) is 5. The summed E-state index contributed by atoms with van der Waals surface area (Å²) >= 11 is 0.872. The standard InChI is InChI=1S/C10H8O4S/c1-6(12)8(5-11)7-2-3-9-10(4-7)14-15-13-9/h2-5,11H,1H3/b8-5+. The molecule has 4 nitrogen and oxygen atoms in total.